The highest BCUT2D eigenvalue weighted by molar-refractivity contribution is 5.90. The van der Waals surface area contributed by atoms with E-state index in [0.29, 0.717) is 64.5 Å². The molecule has 1 N–H and O–H groups in total. The number of halogens is 6. The number of quaternary nitrogens is 1. The second-order valence-electron chi connectivity index (χ2n) is 9.44. The van der Waals surface area contributed by atoms with Gasteiger partial charge in [0, 0.05) is 22.3 Å². The normalized spacial score (nSPS) is 16.8. The summed E-state index contributed by atoms with van der Waals surface area (Å²) in [5, 5.41) is 0. The molecule has 2 heterocycles. The summed E-state index contributed by atoms with van der Waals surface area (Å²) in [6, 6.07) is 8.63. The maximum Gasteiger partial charge on any atom is 0.230 e. The number of hydrogen-bond donors (Lipinski definition) is 1. The minimum absolute atomic E-state index is 0.0995. The van der Waals surface area contributed by atoms with Gasteiger partial charge in [0.05, 0.1) is 6.54 Å². The van der Waals surface area contributed by atoms with E-state index in [1.54, 1.807) is 31.2 Å². The molecule has 1 atom stereocenters. The molecule has 0 aliphatic carbocycles. The number of allylic oxidation sites excluding steroid dienone is 5. The predicted octanol–water partition coefficient (Wildman–Crippen LogP) is 7.12. The molecule has 3 aromatic rings. The first-order chi connectivity index (χ1) is 18.6. The van der Waals surface area contributed by atoms with Gasteiger partial charge in [0.2, 0.25) is 6.79 Å². The lowest BCUT2D eigenvalue weighted by Gasteiger charge is -2.20. The third-order valence-corrected chi connectivity index (χ3v) is 7.09. The van der Waals surface area contributed by atoms with Crippen LogP contribution >= 0.6 is 0 Å². The van der Waals surface area contributed by atoms with Gasteiger partial charge in [0.15, 0.2) is 34.9 Å². The number of rotatable bonds is 5. The monoisotopic (exact) mass is 544 g/mol. The van der Waals surface area contributed by atoms with E-state index in [1.807, 2.05) is 6.92 Å². The molecule has 9 heteroatoms. The molecule has 5 rings (SSSR count). The summed E-state index contributed by atoms with van der Waals surface area (Å²) < 4.78 is 95.4. The lowest BCUT2D eigenvalue weighted by Crippen LogP contribution is -3.08. The SMILES string of the molecule is C=C(F)/C(F)=C(F)\C=C(/C)c1ccc2c3c1C[NH+](CC)Cc1c(-c4cc(F)c(F)c(F)c4)ccc(c1-3)OCO2. The average Bonchev–Trinajstić information content (AvgIpc) is 3.21. The molecule has 39 heavy (non-hydrogen) atoms. The molecule has 2 aliphatic rings. The van der Waals surface area contributed by atoms with Crippen LogP contribution in [0.15, 0.2) is 66.5 Å². The summed E-state index contributed by atoms with van der Waals surface area (Å²) >= 11 is 0. The van der Waals surface area contributed by atoms with Crippen molar-refractivity contribution in [2.24, 2.45) is 0 Å². The van der Waals surface area contributed by atoms with E-state index in [9.17, 15) is 26.3 Å². The number of hydrogen-bond acceptors (Lipinski definition) is 2. The van der Waals surface area contributed by atoms with Crippen molar-refractivity contribution in [2.45, 2.75) is 26.9 Å². The molecule has 0 saturated carbocycles. The van der Waals surface area contributed by atoms with Crippen LogP contribution in [0.3, 0.4) is 0 Å². The molecule has 202 valence electrons. The van der Waals surface area contributed by atoms with Crippen LogP contribution < -0.4 is 14.4 Å². The molecular formula is C30H24F6NO2+. The highest BCUT2D eigenvalue weighted by Crippen LogP contribution is 2.48. The van der Waals surface area contributed by atoms with Crippen molar-refractivity contribution >= 4 is 5.57 Å². The van der Waals surface area contributed by atoms with E-state index in [-0.39, 0.29) is 12.4 Å². The Kier molecular flexibility index (Phi) is 7.03. The van der Waals surface area contributed by atoms with E-state index in [1.165, 1.54) is 0 Å². The average molecular weight is 545 g/mol. The molecule has 2 aliphatic heterocycles. The summed E-state index contributed by atoms with van der Waals surface area (Å²) in [4.78, 5) is 1.04. The molecular weight excluding hydrogens is 520 g/mol. The summed E-state index contributed by atoms with van der Waals surface area (Å²) in [7, 11) is 0. The predicted molar refractivity (Wildman–Crippen MR) is 135 cm³/mol. The Morgan fingerprint density at radius 1 is 0.923 bits per heavy atom. The van der Waals surface area contributed by atoms with E-state index < -0.39 is 34.9 Å². The third-order valence-electron chi connectivity index (χ3n) is 7.09. The zero-order valence-electron chi connectivity index (χ0n) is 21.2. The molecule has 0 saturated heterocycles. The van der Waals surface area contributed by atoms with Crippen LogP contribution in [0, 0.1) is 17.5 Å². The molecule has 0 fully saturated rings. The Morgan fingerprint density at radius 3 is 2.13 bits per heavy atom. The van der Waals surface area contributed by atoms with Crippen molar-refractivity contribution in [3.63, 3.8) is 0 Å². The first kappa shape index (κ1) is 26.6. The van der Waals surface area contributed by atoms with Crippen LogP contribution in [-0.4, -0.2) is 13.3 Å². The maximum absolute atomic E-state index is 14.4. The van der Waals surface area contributed by atoms with Gasteiger partial charge in [-0.3, -0.25) is 0 Å². The van der Waals surface area contributed by atoms with Crippen LogP contribution in [0.5, 0.6) is 11.5 Å². The van der Waals surface area contributed by atoms with E-state index in [2.05, 4.69) is 6.58 Å². The summed E-state index contributed by atoms with van der Waals surface area (Å²) in [5.41, 5.74) is 4.34. The summed E-state index contributed by atoms with van der Waals surface area (Å²) in [5.74, 6) is -7.79. The minimum atomic E-state index is -1.68. The summed E-state index contributed by atoms with van der Waals surface area (Å²) in [6.45, 7) is 7.75. The van der Waals surface area contributed by atoms with Gasteiger partial charge in [0.1, 0.15) is 24.6 Å². The number of benzene rings is 3. The molecule has 3 aromatic carbocycles. The first-order valence-corrected chi connectivity index (χ1v) is 12.3. The van der Waals surface area contributed by atoms with Crippen molar-refractivity contribution in [1.82, 2.24) is 0 Å². The van der Waals surface area contributed by atoms with Gasteiger partial charge in [-0.1, -0.05) is 18.7 Å². The zero-order valence-corrected chi connectivity index (χ0v) is 21.2. The zero-order chi connectivity index (χ0) is 28.0. The Labute approximate surface area is 221 Å². The van der Waals surface area contributed by atoms with Gasteiger partial charge >= 0.3 is 0 Å². The maximum atomic E-state index is 14.4. The van der Waals surface area contributed by atoms with Crippen LogP contribution in [0.2, 0.25) is 0 Å². The van der Waals surface area contributed by atoms with Gasteiger partial charge in [0.25, 0.3) is 0 Å². The van der Waals surface area contributed by atoms with Crippen LogP contribution in [0.25, 0.3) is 27.8 Å². The van der Waals surface area contributed by atoms with Gasteiger partial charge in [-0.2, -0.15) is 0 Å². The fourth-order valence-electron chi connectivity index (χ4n) is 5.19. The van der Waals surface area contributed by atoms with E-state index in [4.69, 9.17) is 9.47 Å². The largest absolute Gasteiger partial charge is 0.457 e. The third kappa shape index (κ3) is 4.71. The van der Waals surface area contributed by atoms with Gasteiger partial charge in [-0.05, 0) is 66.5 Å². The van der Waals surface area contributed by atoms with Crippen molar-refractivity contribution in [1.29, 1.82) is 0 Å². The molecule has 0 aromatic heterocycles. The first-order valence-electron chi connectivity index (χ1n) is 12.3. The van der Waals surface area contributed by atoms with Crippen LogP contribution in [-0.2, 0) is 13.1 Å². The highest BCUT2D eigenvalue weighted by Gasteiger charge is 2.33. The van der Waals surface area contributed by atoms with Gasteiger partial charge < -0.3 is 14.4 Å². The van der Waals surface area contributed by atoms with E-state index in [0.717, 1.165) is 28.7 Å². The standard InChI is InChI=1S/C30H23F6NO2/c1-4-37-12-20-18(15(2)9-22(32)29(35)16(3)31)5-7-25-27(20)28-21(13-37)19(6-8-26(28)39-14-38-25)17-10-23(33)30(36)24(34)11-17/h5-11H,3-4,12-14H2,1-2H3/p+1/b15-9+,29-22-. The van der Waals surface area contributed by atoms with Gasteiger partial charge in [-0.15, -0.1) is 0 Å². The number of nitrogens with one attached hydrogen (secondary N) is 1. The van der Waals surface area contributed by atoms with Crippen LogP contribution in [0.1, 0.15) is 30.5 Å². The quantitative estimate of drug-likeness (QED) is 0.210. The van der Waals surface area contributed by atoms with Crippen LogP contribution in [0.4, 0.5) is 26.3 Å². The van der Waals surface area contributed by atoms with Crippen molar-refractivity contribution in [2.75, 3.05) is 13.3 Å². The molecule has 0 spiro atoms. The van der Waals surface area contributed by atoms with Crippen molar-refractivity contribution in [3.8, 4) is 33.8 Å². The molecule has 3 nitrogen and oxygen atoms in total. The topological polar surface area (TPSA) is 22.9 Å². The smallest absolute Gasteiger partial charge is 0.230 e. The summed E-state index contributed by atoms with van der Waals surface area (Å²) in [6.07, 6.45) is 0.908. The van der Waals surface area contributed by atoms with Gasteiger partial charge in [-0.25, -0.2) is 26.3 Å². The highest BCUT2D eigenvalue weighted by atomic mass is 19.2. The fourth-order valence-corrected chi connectivity index (χ4v) is 5.19. The number of ether oxygens (including phenoxy) is 2. The van der Waals surface area contributed by atoms with E-state index >= 15 is 0 Å². The lowest BCUT2D eigenvalue weighted by molar-refractivity contribution is -0.925. The van der Waals surface area contributed by atoms with Crippen molar-refractivity contribution in [3.05, 3.63) is 101 Å². The second-order valence-corrected chi connectivity index (χ2v) is 9.44. The second kappa shape index (κ2) is 10.3. The Hall–Kier alpha value is -3.98. The minimum Gasteiger partial charge on any atom is -0.457 e. The van der Waals surface area contributed by atoms with Crippen molar-refractivity contribution < 1.29 is 40.7 Å². The Morgan fingerprint density at radius 2 is 1.51 bits per heavy atom. The Balaban J connectivity index is 1.81. The Bertz CT molecular complexity index is 1550. The fraction of sp³-hybridized carbons (Fsp3) is 0.200. The lowest BCUT2D eigenvalue weighted by atomic mass is 9.86. The molecule has 0 amide bonds. The molecule has 0 bridgehead atoms. The molecule has 1 unspecified atom stereocenters. The molecule has 0 radical (unpaired) electrons.